The van der Waals surface area contributed by atoms with Crippen LogP contribution in [0.25, 0.3) is 0 Å². The maximum atomic E-state index is 12.5. The second kappa shape index (κ2) is 7.44. The molecule has 18 heavy (non-hydrogen) atoms. The first kappa shape index (κ1) is 15.1. The third kappa shape index (κ3) is 5.10. The number of rotatable bonds is 7. The molecule has 0 fully saturated rings. The van der Waals surface area contributed by atoms with E-state index in [1.54, 1.807) is 12.1 Å². The molecule has 2 nitrogen and oxygen atoms in total. The van der Waals surface area contributed by atoms with Crippen LogP contribution in [0.4, 0.5) is 8.78 Å². The molecule has 4 heteroatoms. The Labute approximate surface area is 108 Å². The number of hydrogen-bond donors (Lipinski definition) is 1. The zero-order chi connectivity index (χ0) is 13.5. The normalized spacial score (nSPS) is 11.8. The maximum absolute atomic E-state index is 12.5. The number of hydrogen-bond acceptors (Lipinski definition) is 2. The molecule has 1 rings (SSSR count). The van der Waals surface area contributed by atoms with Crippen molar-refractivity contribution in [3.05, 3.63) is 35.4 Å². The van der Waals surface area contributed by atoms with Gasteiger partial charge in [-0.1, -0.05) is 18.2 Å². The number of nitrogens with one attached hydrogen (secondary N) is 1. The summed E-state index contributed by atoms with van der Waals surface area (Å²) < 4.78 is 25.0. The lowest BCUT2D eigenvalue weighted by Crippen LogP contribution is -2.33. The van der Waals surface area contributed by atoms with Crippen molar-refractivity contribution in [2.75, 3.05) is 20.1 Å². The summed E-state index contributed by atoms with van der Waals surface area (Å²) in [7, 11) is 2.07. The number of halogens is 2. The van der Waals surface area contributed by atoms with Gasteiger partial charge in [-0.25, -0.2) is 8.78 Å². The molecule has 0 saturated carbocycles. The molecular weight excluding hydrogens is 234 g/mol. The third-order valence-corrected chi connectivity index (χ3v) is 3.05. The Balaban J connectivity index is 2.33. The molecule has 0 amide bonds. The lowest BCUT2D eigenvalue weighted by Gasteiger charge is -2.20. The molecule has 0 saturated heterocycles. The van der Waals surface area contributed by atoms with Crippen molar-refractivity contribution in [2.24, 2.45) is 0 Å². The van der Waals surface area contributed by atoms with Crippen molar-refractivity contribution in [2.45, 2.75) is 32.9 Å². The summed E-state index contributed by atoms with van der Waals surface area (Å²) in [6.07, 6.45) is -2.39. The molecule has 1 aromatic rings. The van der Waals surface area contributed by atoms with Crippen LogP contribution in [0.1, 0.15) is 31.4 Å². The van der Waals surface area contributed by atoms with Crippen molar-refractivity contribution in [3.63, 3.8) is 0 Å². The Hall–Kier alpha value is -1.00. The Morgan fingerprint density at radius 3 is 2.61 bits per heavy atom. The highest BCUT2D eigenvalue weighted by molar-refractivity contribution is 5.24. The molecule has 0 aliphatic carbocycles. The van der Waals surface area contributed by atoms with Gasteiger partial charge in [-0.05, 0) is 32.5 Å². The van der Waals surface area contributed by atoms with Crippen LogP contribution in [-0.2, 0) is 6.54 Å². The van der Waals surface area contributed by atoms with Crippen LogP contribution in [0.15, 0.2) is 24.3 Å². The average Bonchev–Trinajstić information content (AvgIpc) is 2.34. The summed E-state index contributed by atoms with van der Waals surface area (Å²) in [6.45, 7) is 6.73. The lowest BCUT2D eigenvalue weighted by atomic mass is 10.1. The SMILES string of the molecule is CC(C)N(C)CCNCc1cccc(C(F)F)c1. The van der Waals surface area contributed by atoms with Gasteiger partial charge < -0.3 is 10.2 Å². The van der Waals surface area contributed by atoms with E-state index in [4.69, 9.17) is 0 Å². The minimum absolute atomic E-state index is 0.0913. The number of nitrogens with zero attached hydrogens (tertiary/aromatic N) is 1. The molecule has 102 valence electrons. The van der Waals surface area contributed by atoms with Crippen LogP contribution in [0.3, 0.4) is 0 Å². The predicted octanol–water partition coefficient (Wildman–Crippen LogP) is 3.05. The Morgan fingerprint density at radius 1 is 1.28 bits per heavy atom. The summed E-state index contributed by atoms with van der Waals surface area (Å²) >= 11 is 0. The van der Waals surface area contributed by atoms with Crippen molar-refractivity contribution in [1.29, 1.82) is 0 Å². The average molecular weight is 256 g/mol. The molecule has 0 atom stereocenters. The third-order valence-electron chi connectivity index (χ3n) is 3.05. The van der Waals surface area contributed by atoms with E-state index in [1.165, 1.54) is 6.07 Å². The minimum atomic E-state index is -2.39. The second-order valence-electron chi connectivity index (χ2n) is 4.80. The van der Waals surface area contributed by atoms with Gasteiger partial charge in [0, 0.05) is 31.2 Å². The molecule has 0 aromatic heterocycles. The first-order valence-electron chi connectivity index (χ1n) is 6.28. The highest BCUT2D eigenvalue weighted by Gasteiger charge is 2.07. The van der Waals surface area contributed by atoms with Gasteiger partial charge >= 0.3 is 0 Å². The summed E-state index contributed by atoms with van der Waals surface area (Å²) in [5.41, 5.74) is 0.994. The van der Waals surface area contributed by atoms with Crippen molar-refractivity contribution < 1.29 is 8.78 Å². The molecule has 0 aliphatic rings. The van der Waals surface area contributed by atoms with Crippen LogP contribution < -0.4 is 5.32 Å². The fourth-order valence-electron chi connectivity index (χ4n) is 1.59. The monoisotopic (exact) mass is 256 g/mol. The van der Waals surface area contributed by atoms with Gasteiger partial charge in [0.25, 0.3) is 6.43 Å². The second-order valence-corrected chi connectivity index (χ2v) is 4.80. The van der Waals surface area contributed by atoms with E-state index in [0.29, 0.717) is 12.6 Å². The highest BCUT2D eigenvalue weighted by Crippen LogP contribution is 2.19. The van der Waals surface area contributed by atoms with E-state index in [0.717, 1.165) is 18.7 Å². The van der Waals surface area contributed by atoms with Crippen LogP contribution >= 0.6 is 0 Å². The van der Waals surface area contributed by atoms with E-state index in [9.17, 15) is 8.78 Å². The van der Waals surface area contributed by atoms with Crippen LogP contribution in [0.2, 0.25) is 0 Å². The van der Waals surface area contributed by atoms with Crippen LogP contribution in [-0.4, -0.2) is 31.1 Å². The first-order chi connectivity index (χ1) is 8.50. The number of benzene rings is 1. The first-order valence-corrected chi connectivity index (χ1v) is 6.28. The Kier molecular flexibility index (Phi) is 6.22. The maximum Gasteiger partial charge on any atom is 0.263 e. The minimum Gasteiger partial charge on any atom is -0.311 e. The fraction of sp³-hybridized carbons (Fsp3) is 0.571. The fourth-order valence-corrected chi connectivity index (χ4v) is 1.59. The smallest absolute Gasteiger partial charge is 0.263 e. The van der Waals surface area contributed by atoms with Gasteiger partial charge in [0.05, 0.1) is 0 Å². The van der Waals surface area contributed by atoms with E-state index < -0.39 is 6.43 Å². The quantitative estimate of drug-likeness (QED) is 0.754. The summed E-state index contributed by atoms with van der Waals surface area (Å²) in [5, 5.41) is 3.27. The standard InChI is InChI=1S/C14H22F2N2/c1-11(2)18(3)8-7-17-10-12-5-4-6-13(9-12)14(15)16/h4-6,9,11,14,17H,7-8,10H2,1-3H3. The van der Waals surface area contributed by atoms with E-state index >= 15 is 0 Å². The Bertz CT molecular complexity index is 353. The zero-order valence-electron chi connectivity index (χ0n) is 11.3. The molecule has 1 aromatic carbocycles. The molecule has 0 unspecified atom stereocenters. The van der Waals surface area contributed by atoms with Gasteiger partial charge in [0.1, 0.15) is 0 Å². The molecule has 0 heterocycles. The van der Waals surface area contributed by atoms with Crippen molar-refractivity contribution in [3.8, 4) is 0 Å². The Morgan fingerprint density at radius 2 is 2.00 bits per heavy atom. The molecule has 0 spiro atoms. The highest BCUT2D eigenvalue weighted by atomic mass is 19.3. The van der Waals surface area contributed by atoms with Crippen LogP contribution in [0.5, 0.6) is 0 Å². The van der Waals surface area contributed by atoms with E-state index in [1.807, 2.05) is 6.07 Å². The van der Waals surface area contributed by atoms with Crippen molar-refractivity contribution >= 4 is 0 Å². The van der Waals surface area contributed by atoms with Gasteiger partial charge in [-0.2, -0.15) is 0 Å². The van der Waals surface area contributed by atoms with Gasteiger partial charge in [-0.15, -0.1) is 0 Å². The zero-order valence-corrected chi connectivity index (χ0v) is 11.3. The van der Waals surface area contributed by atoms with E-state index in [-0.39, 0.29) is 5.56 Å². The van der Waals surface area contributed by atoms with Gasteiger partial charge in [0.2, 0.25) is 0 Å². The van der Waals surface area contributed by atoms with Crippen LogP contribution in [0, 0.1) is 0 Å². The lowest BCUT2D eigenvalue weighted by molar-refractivity contribution is 0.151. The summed E-state index contributed by atoms with van der Waals surface area (Å²) in [5.74, 6) is 0. The largest absolute Gasteiger partial charge is 0.311 e. The molecular formula is C14H22F2N2. The molecule has 0 radical (unpaired) electrons. The molecule has 0 bridgehead atoms. The van der Waals surface area contributed by atoms with Crippen molar-refractivity contribution in [1.82, 2.24) is 10.2 Å². The summed E-state index contributed by atoms with van der Waals surface area (Å²) in [6, 6.07) is 7.09. The predicted molar refractivity (Wildman–Crippen MR) is 70.9 cm³/mol. The van der Waals surface area contributed by atoms with Gasteiger partial charge in [-0.3, -0.25) is 0 Å². The van der Waals surface area contributed by atoms with E-state index in [2.05, 4.69) is 31.1 Å². The summed E-state index contributed by atoms with van der Waals surface area (Å²) in [4.78, 5) is 2.24. The number of alkyl halides is 2. The molecule has 0 aliphatic heterocycles. The molecule has 1 N–H and O–H groups in total. The van der Waals surface area contributed by atoms with Gasteiger partial charge in [0.15, 0.2) is 0 Å². The topological polar surface area (TPSA) is 15.3 Å². The number of likely N-dealkylation sites (N-methyl/N-ethyl adjacent to an activating group) is 1.